The van der Waals surface area contributed by atoms with Crippen molar-refractivity contribution < 1.29 is 17.9 Å². The van der Waals surface area contributed by atoms with E-state index in [2.05, 4.69) is 20.0 Å². The van der Waals surface area contributed by atoms with E-state index in [0.29, 0.717) is 54.3 Å². The zero-order chi connectivity index (χ0) is 34.4. The van der Waals surface area contributed by atoms with E-state index >= 15 is 8.78 Å². The van der Waals surface area contributed by atoms with Crippen LogP contribution in [0.4, 0.5) is 20.2 Å². The summed E-state index contributed by atoms with van der Waals surface area (Å²) in [5.41, 5.74) is 1.34. The number of anilines is 2. The largest absolute Gasteiger partial charge is 0.487 e. The summed E-state index contributed by atoms with van der Waals surface area (Å²) in [5, 5.41) is 8.78. The molecule has 1 saturated carbocycles. The van der Waals surface area contributed by atoms with Crippen LogP contribution >= 0.6 is 0 Å². The molecule has 3 fully saturated rings. The molecule has 0 N–H and O–H groups in total. The number of pyridine rings is 2. The number of hydrogen-bond donors (Lipinski definition) is 0. The molecule has 0 radical (unpaired) electrons. The van der Waals surface area contributed by atoms with Gasteiger partial charge in [-0.05, 0) is 52.1 Å². The zero-order valence-corrected chi connectivity index (χ0v) is 28.3. The molecule has 5 aromatic rings. The van der Waals surface area contributed by atoms with E-state index in [1.807, 2.05) is 40.0 Å². The maximum absolute atomic E-state index is 15.9. The van der Waals surface area contributed by atoms with Gasteiger partial charge in [0.05, 0.1) is 28.1 Å². The van der Waals surface area contributed by atoms with Gasteiger partial charge in [-0.1, -0.05) is 0 Å². The summed E-state index contributed by atoms with van der Waals surface area (Å²) in [4.78, 5) is 36.4. The predicted octanol–water partition coefficient (Wildman–Crippen LogP) is 4.10. The number of fused-ring (bicyclic) bond motifs is 1. The molecular formula is C36H38F2N8O4. The Morgan fingerprint density at radius 2 is 1.32 bits per heavy atom. The highest BCUT2D eigenvalue weighted by molar-refractivity contribution is 5.94. The van der Waals surface area contributed by atoms with E-state index in [9.17, 15) is 9.59 Å². The van der Waals surface area contributed by atoms with Crippen molar-refractivity contribution in [1.82, 2.24) is 29.1 Å². The molecule has 1 atom stereocenters. The van der Waals surface area contributed by atoms with Gasteiger partial charge in [0.15, 0.2) is 11.6 Å². The number of piperazine rings is 2. The van der Waals surface area contributed by atoms with Gasteiger partial charge in [0.1, 0.15) is 29.2 Å². The number of ether oxygens (including phenoxy) is 1. The molecule has 4 aliphatic rings. The van der Waals surface area contributed by atoms with Crippen molar-refractivity contribution in [1.29, 1.82) is 0 Å². The molecule has 3 aromatic heterocycles. The second kappa shape index (κ2) is 11.6. The highest BCUT2D eigenvalue weighted by Crippen LogP contribution is 2.43. The predicted molar refractivity (Wildman–Crippen MR) is 187 cm³/mol. The van der Waals surface area contributed by atoms with Crippen molar-refractivity contribution in [3.8, 4) is 28.7 Å². The van der Waals surface area contributed by atoms with Gasteiger partial charge >= 0.3 is 0 Å². The van der Waals surface area contributed by atoms with Crippen LogP contribution in [-0.4, -0.2) is 102 Å². The van der Waals surface area contributed by atoms with Crippen molar-refractivity contribution in [2.24, 2.45) is 0 Å². The molecular weight excluding hydrogens is 646 g/mol. The first kappa shape index (κ1) is 31.2. The summed E-state index contributed by atoms with van der Waals surface area (Å²) >= 11 is 0. The summed E-state index contributed by atoms with van der Waals surface area (Å²) in [6, 6.07) is 4.36. The van der Waals surface area contributed by atoms with Crippen molar-refractivity contribution in [2.75, 3.05) is 82.9 Å². The van der Waals surface area contributed by atoms with Crippen molar-refractivity contribution >= 4 is 33.2 Å². The first-order chi connectivity index (χ1) is 24.2. The average molecular weight is 685 g/mol. The Morgan fingerprint density at radius 1 is 0.740 bits per heavy atom. The van der Waals surface area contributed by atoms with Crippen LogP contribution in [0.5, 0.6) is 5.75 Å². The molecule has 0 bridgehead atoms. The Kier molecular flexibility index (Phi) is 7.25. The Balaban J connectivity index is 1.14. The molecule has 12 nitrogen and oxygen atoms in total. The second-order valence-corrected chi connectivity index (χ2v) is 14.2. The van der Waals surface area contributed by atoms with Gasteiger partial charge in [-0.2, -0.15) is 0 Å². The van der Waals surface area contributed by atoms with Gasteiger partial charge in [-0.25, -0.2) is 8.78 Å². The number of benzene rings is 2. The molecule has 3 aliphatic heterocycles. The van der Waals surface area contributed by atoms with Crippen LogP contribution in [0.3, 0.4) is 0 Å². The van der Waals surface area contributed by atoms with Gasteiger partial charge in [-0.15, -0.1) is 10.2 Å². The molecule has 14 heteroatoms. The molecule has 2 aromatic carbocycles. The lowest BCUT2D eigenvalue weighted by molar-refractivity contribution is 0.245. The van der Waals surface area contributed by atoms with Gasteiger partial charge < -0.3 is 37.9 Å². The Hall–Kier alpha value is -4.82. The average Bonchev–Trinajstić information content (AvgIpc) is 3.84. The van der Waals surface area contributed by atoms with Crippen molar-refractivity contribution in [3.05, 3.63) is 62.7 Å². The van der Waals surface area contributed by atoms with Crippen LogP contribution in [0.15, 0.2) is 44.6 Å². The van der Waals surface area contributed by atoms with Crippen molar-refractivity contribution in [3.63, 3.8) is 0 Å². The molecule has 50 heavy (non-hydrogen) atoms. The fraction of sp³-hybridized carbons (Fsp3) is 0.444. The summed E-state index contributed by atoms with van der Waals surface area (Å²) in [5.74, 6) is -0.788. The standard InChI is InChI=1S/C36H38F2N8O4/c1-20-19-49-34-30-23(15-27(38)31(34)44-12-8-42(3)9-13-44)33(48)24(17-45(20)30)35-39-40-36(50-35)25-18-46(21-4-5-21)28-16-29(26(37)14-22(28)32(25)47)43-10-6-41(2)7-11-43/h14-18,20-21H,4-13,19H2,1-3H3/t20-/m0/s1. The monoisotopic (exact) mass is 684 g/mol. The molecule has 0 unspecified atom stereocenters. The van der Waals surface area contributed by atoms with Crippen LogP contribution in [0.2, 0.25) is 0 Å². The number of likely N-dealkylation sites (N-methyl/N-ethyl adjacent to an activating group) is 2. The fourth-order valence-electron chi connectivity index (χ4n) is 7.59. The first-order valence-corrected chi connectivity index (χ1v) is 17.3. The Bertz CT molecular complexity index is 2300. The lowest BCUT2D eigenvalue weighted by Crippen LogP contribution is -2.45. The van der Waals surface area contributed by atoms with Gasteiger partial charge in [-0.3, -0.25) is 9.59 Å². The smallest absolute Gasteiger partial charge is 0.253 e. The molecule has 0 spiro atoms. The molecule has 9 rings (SSSR count). The van der Waals surface area contributed by atoms with Crippen LogP contribution in [0.1, 0.15) is 31.8 Å². The van der Waals surface area contributed by atoms with Crippen LogP contribution < -0.4 is 25.4 Å². The molecule has 0 amide bonds. The number of halogens is 2. The third-order valence-corrected chi connectivity index (χ3v) is 10.7. The summed E-state index contributed by atoms with van der Waals surface area (Å²) in [7, 11) is 4.08. The number of aromatic nitrogens is 4. The van der Waals surface area contributed by atoms with Gasteiger partial charge in [0.25, 0.3) is 11.8 Å². The van der Waals surface area contributed by atoms with E-state index in [1.165, 1.54) is 12.1 Å². The topological polar surface area (TPSA) is 105 Å². The lowest BCUT2D eigenvalue weighted by atomic mass is 10.1. The number of hydrogen-bond acceptors (Lipinski definition) is 10. The lowest BCUT2D eigenvalue weighted by Gasteiger charge is -2.37. The minimum absolute atomic E-state index is 0.0725. The third kappa shape index (κ3) is 4.98. The van der Waals surface area contributed by atoms with Crippen molar-refractivity contribution in [2.45, 2.75) is 31.8 Å². The van der Waals surface area contributed by atoms with E-state index in [0.717, 1.165) is 39.0 Å². The molecule has 6 heterocycles. The zero-order valence-electron chi connectivity index (χ0n) is 28.3. The SMILES string of the molecule is C[C@H]1COc2c(N3CCN(C)CC3)c(F)cc3c(=O)c(-c4nnc(-c5cn(C6CC6)c6cc(N7CCN(C)CC7)c(F)cc6c5=O)o4)cn1c23. The van der Waals surface area contributed by atoms with Gasteiger partial charge in [0, 0.05) is 76.2 Å². The van der Waals surface area contributed by atoms with Crippen LogP contribution in [-0.2, 0) is 0 Å². The quantitative estimate of drug-likeness (QED) is 0.269. The fourth-order valence-corrected chi connectivity index (χ4v) is 7.59. The van der Waals surface area contributed by atoms with Crippen LogP contribution in [0, 0.1) is 11.6 Å². The summed E-state index contributed by atoms with van der Waals surface area (Å²) < 4.78 is 47.7. The van der Waals surface area contributed by atoms with E-state index < -0.39 is 22.5 Å². The second-order valence-electron chi connectivity index (χ2n) is 14.2. The van der Waals surface area contributed by atoms with E-state index in [1.54, 1.807) is 18.5 Å². The van der Waals surface area contributed by atoms with Gasteiger partial charge in [0.2, 0.25) is 10.9 Å². The molecule has 260 valence electrons. The minimum atomic E-state index is -0.529. The van der Waals surface area contributed by atoms with Crippen LogP contribution in [0.25, 0.3) is 44.7 Å². The molecule has 1 aliphatic carbocycles. The maximum Gasteiger partial charge on any atom is 0.253 e. The summed E-state index contributed by atoms with van der Waals surface area (Å²) in [6.45, 7) is 8.14. The van der Waals surface area contributed by atoms with E-state index in [-0.39, 0.29) is 52.4 Å². The third-order valence-electron chi connectivity index (χ3n) is 10.7. The van der Waals surface area contributed by atoms with E-state index in [4.69, 9.17) is 9.15 Å². The number of rotatable bonds is 5. The maximum atomic E-state index is 15.9. The highest BCUT2D eigenvalue weighted by Gasteiger charge is 2.32. The normalized spacial score (nSPS) is 20.2. The first-order valence-electron chi connectivity index (χ1n) is 17.3. The Labute approximate surface area is 286 Å². The summed E-state index contributed by atoms with van der Waals surface area (Å²) in [6.07, 6.45) is 5.23. The highest BCUT2D eigenvalue weighted by atomic mass is 19.1. The minimum Gasteiger partial charge on any atom is -0.487 e. The molecule has 2 saturated heterocycles. The Morgan fingerprint density at radius 3 is 1.96 bits per heavy atom. The number of nitrogens with zero attached hydrogens (tertiary/aromatic N) is 8.